The summed E-state index contributed by atoms with van der Waals surface area (Å²) >= 11 is 0. The van der Waals surface area contributed by atoms with Gasteiger partial charge in [-0.1, -0.05) is 55.4 Å². The molecule has 1 rings (SSSR count). The van der Waals surface area contributed by atoms with E-state index in [-0.39, 0.29) is 6.61 Å². The molecule has 1 aromatic rings. The number of aliphatic hydroxyl groups is 1. The van der Waals surface area contributed by atoms with E-state index in [1.807, 2.05) is 6.92 Å². The first-order chi connectivity index (χ1) is 8.33. The topological polar surface area (TPSA) is 20.2 Å². The quantitative estimate of drug-likeness (QED) is 0.634. The molecule has 0 heterocycles. The van der Waals surface area contributed by atoms with Crippen molar-refractivity contribution in [3.8, 4) is 11.5 Å². The van der Waals surface area contributed by atoms with Crippen LogP contribution in [0.1, 0.15) is 18.1 Å². The molecule has 0 amide bonds. The molecule has 1 nitrogen and oxygen atoms in total. The monoisotopic (exact) mass is 258 g/mol. The van der Waals surface area contributed by atoms with Gasteiger partial charge >= 0.3 is 0 Å². The van der Waals surface area contributed by atoms with Crippen LogP contribution in [0.5, 0.6) is 0 Å². The van der Waals surface area contributed by atoms with E-state index in [9.17, 15) is 5.11 Å². The zero-order chi connectivity index (χ0) is 13.8. The van der Waals surface area contributed by atoms with Crippen LogP contribution in [0.4, 0.5) is 0 Å². The first-order valence-electron chi connectivity index (χ1n) is 6.24. The number of hydrogen-bond donors (Lipinski definition) is 1. The second kappa shape index (κ2) is 6.04. The molecule has 0 atom stereocenters. The van der Waals surface area contributed by atoms with Gasteiger partial charge in [0.05, 0.1) is 6.61 Å². The van der Waals surface area contributed by atoms with Gasteiger partial charge in [-0.3, -0.25) is 0 Å². The number of aryl methyl sites for hydroxylation is 1. The average molecular weight is 258 g/mol. The van der Waals surface area contributed by atoms with Gasteiger partial charge < -0.3 is 5.11 Å². The minimum absolute atomic E-state index is 0.0111. The van der Waals surface area contributed by atoms with Crippen LogP contribution < -0.4 is 0 Å². The molecule has 0 bridgehead atoms. The van der Waals surface area contributed by atoms with Gasteiger partial charge in [0.15, 0.2) is 0 Å². The van der Waals surface area contributed by atoms with Gasteiger partial charge in [-0.25, -0.2) is 0 Å². The maximum Gasteiger partial charge on any atom is 0.129 e. The Morgan fingerprint density at radius 2 is 1.72 bits per heavy atom. The van der Waals surface area contributed by atoms with Gasteiger partial charge in [0.25, 0.3) is 0 Å². The van der Waals surface area contributed by atoms with Crippen LogP contribution in [0, 0.1) is 18.4 Å². The zero-order valence-electron chi connectivity index (χ0n) is 12.0. The molecule has 0 aliphatic rings. The minimum Gasteiger partial charge on any atom is -0.391 e. The predicted octanol–water partition coefficient (Wildman–Crippen LogP) is 3.64. The minimum atomic E-state index is -1.40. The van der Waals surface area contributed by atoms with E-state index >= 15 is 0 Å². The molecular weight excluding hydrogens is 236 g/mol. The highest BCUT2D eigenvalue weighted by molar-refractivity contribution is 6.83. The number of hydrogen-bond acceptors (Lipinski definition) is 1. The van der Waals surface area contributed by atoms with Gasteiger partial charge in [-0.05, 0) is 25.0 Å². The zero-order valence-corrected chi connectivity index (χ0v) is 13.0. The molecule has 0 saturated heterocycles. The molecule has 1 N–H and O–H groups in total. The lowest BCUT2D eigenvalue weighted by Gasteiger charge is -2.07. The summed E-state index contributed by atoms with van der Waals surface area (Å²) in [5.74, 6) is 3.16. The Balaban J connectivity index is 3.14. The maximum absolute atomic E-state index is 9.46. The molecule has 18 heavy (non-hydrogen) atoms. The van der Waals surface area contributed by atoms with Gasteiger partial charge in [-0.15, -0.1) is 5.54 Å². The van der Waals surface area contributed by atoms with E-state index in [0.29, 0.717) is 0 Å². The molecule has 0 spiro atoms. The number of allylic oxidation sites excluding steroid dienone is 1. The summed E-state index contributed by atoms with van der Waals surface area (Å²) in [6.07, 6.45) is 0. The van der Waals surface area contributed by atoms with Gasteiger partial charge in [0, 0.05) is 5.57 Å². The molecule has 0 saturated carbocycles. The molecule has 0 aromatic heterocycles. The van der Waals surface area contributed by atoms with Gasteiger partial charge in [-0.2, -0.15) is 0 Å². The summed E-state index contributed by atoms with van der Waals surface area (Å²) < 4.78 is 0. The van der Waals surface area contributed by atoms with E-state index in [2.05, 4.69) is 62.3 Å². The molecule has 96 valence electrons. The fourth-order valence-corrected chi connectivity index (χ4v) is 2.02. The van der Waals surface area contributed by atoms with E-state index < -0.39 is 8.07 Å². The third-order valence-corrected chi connectivity index (χ3v) is 3.56. The Labute approximate surface area is 112 Å². The van der Waals surface area contributed by atoms with Crippen molar-refractivity contribution in [1.29, 1.82) is 0 Å². The molecule has 2 heteroatoms. The number of rotatable bonds is 2. The Hall–Kier alpha value is -1.30. The van der Waals surface area contributed by atoms with Crippen molar-refractivity contribution >= 4 is 13.6 Å². The van der Waals surface area contributed by atoms with Crippen molar-refractivity contribution in [2.75, 3.05) is 6.61 Å². The summed E-state index contributed by atoms with van der Waals surface area (Å²) in [4.78, 5) is 0. The van der Waals surface area contributed by atoms with Crippen LogP contribution >= 0.6 is 0 Å². The molecule has 1 aromatic carbocycles. The SMILES string of the molecule is C/C(=C(/C#C[Si](C)(C)C)CO)c1ccc(C)cc1. The van der Waals surface area contributed by atoms with E-state index in [4.69, 9.17) is 0 Å². The summed E-state index contributed by atoms with van der Waals surface area (Å²) in [5, 5.41) is 9.46. The Kier molecular flexibility index (Phi) is 4.95. The van der Waals surface area contributed by atoms with Crippen LogP contribution in [0.3, 0.4) is 0 Å². The predicted molar refractivity (Wildman–Crippen MR) is 82.0 cm³/mol. The third-order valence-electron chi connectivity index (χ3n) is 2.68. The molecule has 0 radical (unpaired) electrons. The highest BCUT2D eigenvalue weighted by atomic mass is 28.3. The summed E-state index contributed by atoms with van der Waals surface area (Å²) in [7, 11) is -1.40. The number of aliphatic hydroxyl groups excluding tert-OH is 1. The fraction of sp³-hybridized carbons (Fsp3) is 0.375. The first kappa shape index (κ1) is 14.8. The van der Waals surface area contributed by atoms with Crippen LogP contribution in [-0.4, -0.2) is 19.8 Å². The Bertz CT molecular complexity index is 493. The molecule has 0 unspecified atom stereocenters. The Morgan fingerprint density at radius 1 is 1.17 bits per heavy atom. The van der Waals surface area contributed by atoms with Crippen LogP contribution in [0.25, 0.3) is 5.57 Å². The van der Waals surface area contributed by atoms with E-state index in [1.54, 1.807) is 0 Å². The van der Waals surface area contributed by atoms with Crippen LogP contribution in [-0.2, 0) is 0 Å². The van der Waals surface area contributed by atoms with Gasteiger partial charge in [0.1, 0.15) is 8.07 Å². The van der Waals surface area contributed by atoms with Crippen molar-refractivity contribution in [1.82, 2.24) is 0 Å². The lowest BCUT2D eigenvalue weighted by atomic mass is 10.0. The van der Waals surface area contributed by atoms with Crippen molar-refractivity contribution < 1.29 is 5.11 Å². The lowest BCUT2D eigenvalue weighted by Crippen LogP contribution is -2.16. The van der Waals surface area contributed by atoms with E-state index in [1.165, 1.54) is 5.56 Å². The molecule has 0 fully saturated rings. The molecule has 0 aliphatic carbocycles. The summed E-state index contributed by atoms with van der Waals surface area (Å²) in [5.41, 5.74) is 7.59. The summed E-state index contributed by atoms with van der Waals surface area (Å²) in [6.45, 7) is 10.7. The normalized spacial score (nSPS) is 12.6. The van der Waals surface area contributed by atoms with E-state index in [0.717, 1.165) is 16.7 Å². The average Bonchev–Trinajstić information content (AvgIpc) is 2.29. The molecular formula is C16H22OSi. The fourth-order valence-electron chi connectivity index (χ4n) is 1.49. The summed E-state index contributed by atoms with van der Waals surface area (Å²) in [6, 6.07) is 8.33. The smallest absolute Gasteiger partial charge is 0.129 e. The third kappa shape index (κ3) is 4.52. The Morgan fingerprint density at radius 3 is 2.17 bits per heavy atom. The highest BCUT2D eigenvalue weighted by Gasteiger charge is 2.08. The maximum atomic E-state index is 9.46. The van der Waals surface area contributed by atoms with Crippen LogP contribution in [0.2, 0.25) is 19.6 Å². The van der Waals surface area contributed by atoms with Crippen molar-refractivity contribution in [2.24, 2.45) is 0 Å². The highest BCUT2D eigenvalue weighted by Crippen LogP contribution is 2.18. The first-order valence-corrected chi connectivity index (χ1v) is 9.74. The largest absolute Gasteiger partial charge is 0.391 e. The second-order valence-corrected chi connectivity index (χ2v) is 10.4. The van der Waals surface area contributed by atoms with Crippen molar-refractivity contribution in [3.63, 3.8) is 0 Å². The lowest BCUT2D eigenvalue weighted by molar-refractivity contribution is 0.336. The molecule has 0 aliphatic heterocycles. The number of benzene rings is 1. The second-order valence-electron chi connectivity index (χ2n) is 5.63. The van der Waals surface area contributed by atoms with Crippen LogP contribution in [0.15, 0.2) is 29.8 Å². The van der Waals surface area contributed by atoms with Crippen molar-refractivity contribution in [3.05, 3.63) is 41.0 Å². The van der Waals surface area contributed by atoms with Gasteiger partial charge in [0.2, 0.25) is 0 Å². The van der Waals surface area contributed by atoms with Crippen molar-refractivity contribution in [2.45, 2.75) is 33.5 Å². The standard InChI is InChI=1S/C16H22OSi/c1-13-6-8-15(9-7-13)14(2)16(12-17)10-11-18(3,4)5/h6-9,17H,12H2,1-5H3/b16-14+.